The van der Waals surface area contributed by atoms with Crippen molar-refractivity contribution < 1.29 is 0 Å². The first-order chi connectivity index (χ1) is 7.63. The van der Waals surface area contributed by atoms with Gasteiger partial charge in [0, 0.05) is 16.7 Å². The topological polar surface area (TPSA) is 12.0 Å². The molecule has 90 valence electrons. The summed E-state index contributed by atoms with van der Waals surface area (Å²) in [6.45, 7) is 9.91. The lowest BCUT2D eigenvalue weighted by Gasteiger charge is -2.14. The zero-order chi connectivity index (χ0) is 12.0. The van der Waals surface area contributed by atoms with Crippen molar-refractivity contribution in [1.82, 2.24) is 5.32 Å². The summed E-state index contributed by atoms with van der Waals surface area (Å²) in [4.78, 5) is 1.39. The van der Waals surface area contributed by atoms with Gasteiger partial charge in [-0.3, -0.25) is 0 Å². The molecule has 0 saturated carbocycles. The molecule has 1 N–H and O–H groups in total. The minimum atomic E-state index is 0.449. The number of nitrogens with one attached hydrogen (secondary N) is 1. The molecule has 0 bridgehead atoms. The fraction of sp³-hybridized carbons (Fsp3) is 0.571. The first-order valence-electron chi connectivity index (χ1n) is 6.09. The predicted molar refractivity (Wildman–Crippen MR) is 74.1 cm³/mol. The molecule has 0 saturated heterocycles. The monoisotopic (exact) mass is 237 g/mol. The van der Waals surface area contributed by atoms with Crippen LogP contribution in [0, 0.1) is 5.92 Å². The molecule has 1 rings (SSSR count). The van der Waals surface area contributed by atoms with E-state index < -0.39 is 0 Å². The lowest BCUT2D eigenvalue weighted by molar-refractivity contribution is 0.597. The Morgan fingerprint density at radius 1 is 1.25 bits per heavy atom. The van der Waals surface area contributed by atoms with E-state index in [9.17, 15) is 0 Å². The Hall–Kier alpha value is -0.470. The van der Waals surface area contributed by atoms with Crippen LogP contribution in [0.25, 0.3) is 0 Å². The van der Waals surface area contributed by atoms with Crippen molar-refractivity contribution in [1.29, 1.82) is 0 Å². The summed E-state index contributed by atoms with van der Waals surface area (Å²) in [7, 11) is 0. The van der Waals surface area contributed by atoms with E-state index in [0.717, 1.165) is 12.5 Å². The molecular formula is C14H23NS. The van der Waals surface area contributed by atoms with Gasteiger partial charge in [0.1, 0.15) is 0 Å². The highest BCUT2D eigenvalue weighted by Crippen LogP contribution is 2.23. The van der Waals surface area contributed by atoms with Crippen molar-refractivity contribution in [2.75, 3.05) is 12.3 Å². The number of benzene rings is 1. The zero-order valence-electron chi connectivity index (χ0n) is 10.8. The number of hydrogen-bond donors (Lipinski definition) is 1. The smallest absolute Gasteiger partial charge is 0.0292 e. The largest absolute Gasteiger partial charge is 0.310 e. The van der Waals surface area contributed by atoms with Gasteiger partial charge in [-0.2, -0.15) is 0 Å². The van der Waals surface area contributed by atoms with E-state index in [-0.39, 0.29) is 0 Å². The molecule has 0 spiro atoms. The molecule has 1 unspecified atom stereocenters. The summed E-state index contributed by atoms with van der Waals surface area (Å²) in [5.41, 5.74) is 1.38. The van der Waals surface area contributed by atoms with E-state index in [4.69, 9.17) is 0 Å². The van der Waals surface area contributed by atoms with E-state index in [2.05, 4.69) is 57.3 Å². The maximum Gasteiger partial charge on any atom is 0.0292 e. The second-order valence-electron chi connectivity index (χ2n) is 4.56. The van der Waals surface area contributed by atoms with Gasteiger partial charge in [0.05, 0.1) is 0 Å². The Balaban J connectivity index is 2.63. The first-order valence-corrected chi connectivity index (χ1v) is 7.08. The van der Waals surface area contributed by atoms with Crippen LogP contribution in [0.5, 0.6) is 0 Å². The van der Waals surface area contributed by atoms with Crippen LogP contribution in [-0.4, -0.2) is 12.3 Å². The number of hydrogen-bond acceptors (Lipinski definition) is 2. The maximum atomic E-state index is 3.44. The van der Waals surface area contributed by atoms with Crippen LogP contribution in [0.2, 0.25) is 0 Å². The van der Waals surface area contributed by atoms with E-state index in [0.29, 0.717) is 6.04 Å². The standard InChI is InChI=1S/C14H23NS/c1-5-15-12(4)13-7-6-8-14(9-13)16-10-11(2)3/h6-9,11-12,15H,5,10H2,1-4H3. The second-order valence-corrected chi connectivity index (χ2v) is 5.65. The third-order valence-electron chi connectivity index (χ3n) is 2.45. The van der Waals surface area contributed by atoms with Gasteiger partial charge in [-0.25, -0.2) is 0 Å². The number of rotatable bonds is 6. The van der Waals surface area contributed by atoms with Gasteiger partial charge in [-0.15, -0.1) is 11.8 Å². The molecule has 0 amide bonds. The van der Waals surface area contributed by atoms with E-state index >= 15 is 0 Å². The van der Waals surface area contributed by atoms with Crippen molar-refractivity contribution in [3.05, 3.63) is 29.8 Å². The molecule has 1 atom stereocenters. The molecule has 0 fully saturated rings. The Morgan fingerprint density at radius 2 is 2.00 bits per heavy atom. The molecule has 0 aromatic heterocycles. The van der Waals surface area contributed by atoms with Crippen LogP contribution in [0.15, 0.2) is 29.2 Å². The molecule has 1 nitrogen and oxygen atoms in total. The highest BCUT2D eigenvalue weighted by Gasteiger charge is 2.04. The average Bonchev–Trinajstić information content (AvgIpc) is 2.27. The molecule has 1 aromatic rings. The summed E-state index contributed by atoms with van der Waals surface area (Å²) in [5.74, 6) is 1.94. The summed E-state index contributed by atoms with van der Waals surface area (Å²) < 4.78 is 0. The molecule has 16 heavy (non-hydrogen) atoms. The summed E-state index contributed by atoms with van der Waals surface area (Å²) in [6, 6.07) is 9.32. The Morgan fingerprint density at radius 3 is 2.62 bits per heavy atom. The van der Waals surface area contributed by atoms with Crippen LogP contribution in [0.4, 0.5) is 0 Å². The van der Waals surface area contributed by atoms with Gasteiger partial charge >= 0.3 is 0 Å². The molecule has 1 aromatic carbocycles. The van der Waals surface area contributed by atoms with Crippen molar-refractivity contribution in [2.45, 2.75) is 38.6 Å². The van der Waals surface area contributed by atoms with Crippen LogP contribution in [-0.2, 0) is 0 Å². The highest BCUT2D eigenvalue weighted by atomic mass is 32.2. The van der Waals surface area contributed by atoms with E-state index in [1.807, 2.05) is 11.8 Å². The quantitative estimate of drug-likeness (QED) is 0.747. The van der Waals surface area contributed by atoms with Crippen molar-refractivity contribution in [3.8, 4) is 0 Å². The SMILES string of the molecule is CCNC(C)c1cccc(SCC(C)C)c1. The van der Waals surface area contributed by atoms with Gasteiger partial charge in [0.25, 0.3) is 0 Å². The molecule has 0 heterocycles. The fourth-order valence-corrected chi connectivity index (χ4v) is 2.48. The summed E-state index contributed by atoms with van der Waals surface area (Å²) in [6.07, 6.45) is 0. The van der Waals surface area contributed by atoms with Gasteiger partial charge in [-0.05, 0) is 37.1 Å². The van der Waals surface area contributed by atoms with Crippen LogP contribution < -0.4 is 5.32 Å². The molecule has 0 radical (unpaired) electrons. The first kappa shape index (κ1) is 13.6. The molecule has 2 heteroatoms. The normalized spacial score (nSPS) is 13.1. The highest BCUT2D eigenvalue weighted by molar-refractivity contribution is 7.99. The predicted octanol–water partition coefficient (Wildman–Crippen LogP) is 4.11. The van der Waals surface area contributed by atoms with Crippen LogP contribution >= 0.6 is 11.8 Å². The fourth-order valence-electron chi connectivity index (χ4n) is 1.56. The van der Waals surface area contributed by atoms with E-state index in [1.165, 1.54) is 16.2 Å². The Kier molecular flexibility index (Phi) is 5.93. The number of thioether (sulfide) groups is 1. The van der Waals surface area contributed by atoms with Crippen molar-refractivity contribution in [2.24, 2.45) is 5.92 Å². The third-order valence-corrected chi connectivity index (χ3v) is 3.87. The minimum Gasteiger partial charge on any atom is -0.310 e. The molecule has 0 aliphatic carbocycles. The maximum absolute atomic E-state index is 3.44. The van der Waals surface area contributed by atoms with Crippen molar-refractivity contribution in [3.63, 3.8) is 0 Å². The van der Waals surface area contributed by atoms with Gasteiger partial charge in [0.15, 0.2) is 0 Å². The summed E-state index contributed by atoms with van der Waals surface area (Å²) >= 11 is 1.95. The molecule has 0 aliphatic rings. The second kappa shape index (κ2) is 6.97. The lowest BCUT2D eigenvalue weighted by atomic mass is 10.1. The zero-order valence-corrected chi connectivity index (χ0v) is 11.6. The average molecular weight is 237 g/mol. The molecule has 0 aliphatic heterocycles. The van der Waals surface area contributed by atoms with Crippen LogP contribution in [0.1, 0.15) is 39.3 Å². The van der Waals surface area contributed by atoms with Gasteiger partial charge in [0.2, 0.25) is 0 Å². The van der Waals surface area contributed by atoms with Crippen molar-refractivity contribution >= 4 is 11.8 Å². The summed E-state index contributed by atoms with van der Waals surface area (Å²) in [5, 5.41) is 3.44. The van der Waals surface area contributed by atoms with Crippen LogP contribution in [0.3, 0.4) is 0 Å². The Bertz CT molecular complexity index is 309. The minimum absolute atomic E-state index is 0.449. The Labute approximate surface area is 104 Å². The lowest BCUT2D eigenvalue weighted by Crippen LogP contribution is -2.17. The van der Waals surface area contributed by atoms with Gasteiger partial charge in [-0.1, -0.05) is 32.9 Å². The third kappa shape index (κ3) is 4.58. The van der Waals surface area contributed by atoms with E-state index in [1.54, 1.807) is 0 Å². The van der Waals surface area contributed by atoms with Gasteiger partial charge < -0.3 is 5.32 Å². The molecular weight excluding hydrogens is 214 g/mol.